The van der Waals surface area contributed by atoms with Crippen LogP contribution in [0, 0.1) is 0 Å². The Morgan fingerprint density at radius 1 is 0.881 bits per heavy atom. The molecule has 6 rings (SSSR count). The molecule has 6 heterocycles. The summed E-state index contributed by atoms with van der Waals surface area (Å²) in [6.45, 7) is 1.72. The minimum absolute atomic E-state index is 0.419. The second-order valence-electron chi connectivity index (χ2n) is 11.9. The van der Waals surface area contributed by atoms with Gasteiger partial charge in [-0.25, -0.2) is 24.9 Å². The second-order valence-corrected chi connectivity index (χ2v) is 11.9. The highest BCUT2D eigenvalue weighted by Crippen LogP contribution is 2.27. The third-order valence-corrected chi connectivity index (χ3v) is 7.66. The number of quaternary nitrogens is 1. The maximum absolute atomic E-state index is 6.66. The molecule has 1 saturated heterocycles. The van der Waals surface area contributed by atoms with Crippen molar-refractivity contribution >= 4 is 51.7 Å². The van der Waals surface area contributed by atoms with Crippen molar-refractivity contribution in [3.63, 3.8) is 0 Å². The topological polar surface area (TPSA) is 133 Å². The number of dihydropyridines is 1. The number of nitrogens with zero attached hydrogens (tertiary/aromatic N) is 13. The van der Waals surface area contributed by atoms with Crippen molar-refractivity contribution < 1.29 is 4.48 Å². The summed E-state index contributed by atoms with van der Waals surface area (Å²) in [7, 11) is 14.5. The number of hydrogen-bond donors (Lipinski definition) is 1. The van der Waals surface area contributed by atoms with Crippen molar-refractivity contribution in [1.29, 1.82) is 0 Å². The van der Waals surface area contributed by atoms with E-state index in [1.807, 2.05) is 56.2 Å². The molecule has 1 fully saturated rings. The van der Waals surface area contributed by atoms with Crippen molar-refractivity contribution in [1.82, 2.24) is 34.1 Å². The molecule has 0 aromatic carbocycles. The SMILES string of the molecule is CN(C)c1ccnc2c(N=C3C=C(N)C(N4CCC([N+](C)(C)C)C4)=NC3=Nc3cnn4c(N(C)C)ccnc34)cnn12. The van der Waals surface area contributed by atoms with Gasteiger partial charge in [0.05, 0.1) is 45.8 Å². The first kappa shape index (κ1) is 27.3. The van der Waals surface area contributed by atoms with E-state index in [2.05, 4.69) is 46.2 Å². The Labute approximate surface area is 244 Å². The first-order valence-corrected chi connectivity index (χ1v) is 13.8. The predicted molar refractivity (Wildman–Crippen MR) is 167 cm³/mol. The van der Waals surface area contributed by atoms with Crippen LogP contribution in [-0.2, 0) is 0 Å². The van der Waals surface area contributed by atoms with E-state index in [0.717, 1.165) is 35.6 Å². The molecule has 14 heteroatoms. The number of hydrogen-bond acceptors (Lipinski definition) is 10. The van der Waals surface area contributed by atoms with Crippen LogP contribution in [0.4, 0.5) is 23.0 Å². The van der Waals surface area contributed by atoms with E-state index in [1.54, 1.807) is 33.8 Å². The fourth-order valence-corrected chi connectivity index (χ4v) is 5.30. The molecule has 0 radical (unpaired) electrons. The van der Waals surface area contributed by atoms with Gasteiger partial charge in [-0.15, -0.1) is 0 Å². The summed E-state index contributed by atoms with van der Waals surface area (Å²) in [5, 5.41) is 9.10. The van der Waals surface area contributed by atoms with Gasteiger partial charge in [0.25, 0.3) is 0 Å². The van der Waals surface area contributed by atoms with Crippen LogP contribution in [0.5, 0.6) is 0 Å². The number of rotatable bonds is 5. The molecule has 218 valence electrons. The summed E-state index contributed by atoms with van der Waals surface area (Å²) in [4.78, 5) is 30.2. The van der Waals surface area contributed by atoms with Crippen molar-refractivity contribution in [2.24, 2.45) is 20.7 Å². The summed E-state index contributed by atoms with van der Waals surface area (Å²) in [6, 6.07) is 4.28. The van der Waals surface area contributed by atoms with E-state index < -0.39 is 0 Å². The Kier molecular flexibility index (Phi) is 6.64. The van der Waals surface area contributed by atoms with Crippen molar-refractivity contribution in [2.75, 3.05) is 72.2 Å². The predicted octanol–water partition coefficient (Wildman–Crippen LogP) is 1.74. The molecule has 2 aliphatic heterocycles. The lowest BCUT2D eigenvalue weighted by atomic mass is 10.2. The molecule has 4 aromatic heterocycles. The van der Waals surface area contributed by atoms with Crippen LogP contribution in [0.15, 0.2) is 63.7 Å². The molecule has 42 heavy (non-hydrogen) atoms. The van der Waals surface area contributed by atoms with Crippen molar-refractivity contribution in [3.05, 3.63) is 48.7 Å². The van der Waals surface area contributed by atoms with Crippen molar-refractivity contribution in [3.8, 4) is 0 Å². The molecular formula is C28H37N14+. The molecule has 0 spiro atoms. The standard InChI is InChI=1S/C28H37N14/c1-37(2)23-8-11-30-27-21(15-32-40(23)27)34-20-14-19(29)26(39-13-10-18(17-39)42(5,6)7)36-25(20)35-22-16-33-41-24(38(3)4)9-12-31-28(22)41/h8-9,11-12,14-16,18H,10,13,17,29H2,1-7H3/q+1. The molecule has 2 aliphatic rings. The average Bonchev–Trinajstić information content (AvgIpc) is 3.69. The number of aromatic nitrogens is 6. The molecule has 1 atom stereocenters. The molecule has 0 saturated carbocycles. The van der Waals surface area contributed by atoms with Gasteiger partial charge in [0.1, 0.15) is 34.8 Å². The Morgan fingerprint density at radius 3 is 1.98 bits per heavy atom. The highest BCUT2D eigenvalue weighted by molar-refractivity contribution is 6.50. The van der Waals surface area contributed by atoms with E-state index in [-0.39, 0.29) is 0 Å². The molecule has 0 bridgehead atoms. The van der Waals surface area contributed by atoms with Gasteiger partial charge in [-0.1, -0.05) is 0 Å². The Hall–Kier alpha value is -4.85. The quantitative estimate of drug-likeness (QED) is 0.360. The Bertz CT molecular complexity index is 1780. The Balaban J connectivity index is 1.48. The molecule has 14 nitrogen and oxygen atoms in total. The Morgan fingerprint density at radius 2 is 1.45 bits per heavy atom. The van der Waals surface area contributed by atoms with E-state index in [0.29, 0.717) is 51.8 Å². The molecule has 4 aromatic rings. The van der Waals surface area contributed by atoms with Gasteiger partial charge < -0.3 is 24.9 Å². The second kappa shape index (κ2) is 10.2. The fourth-order valence-electron chi connectivity index (χ4n) is 5.30. The lowest BCUT2D eigenvalue weighted by Gasteiger charge is -2.32. The van der Waals surface area contributed by atoms with Gasteiger partial charge in [-0.05, 0) is 18.2 Å². The zero-order chi connectivity index (χ0) is 29.8. The van der Waals surface area contributed by atoms with Crippen LogP contribution in [-0.4, -0.2) is 124 Å². The van der Waals surface area contributed by atoms with Crippen molar-refractivity contribution in [2.45, 2.75) is 12.5 Å². The number of aliphatic imine (C=N–C) groups is 3. The number of likely N-dealkylation sites (N-methyl/N-ethyl adjacent to an activating group) is 1. The maximum Gasteiger partial charge on any atom is 0.183 e. The minimum atomic E-state index is 0.419. The van der Waals surface area contributed by atoms with Gasteiger partial charge in [0.2, 0.25) is 0 Å². The fraction of sp³-hybridized carbons (Fsp3) is 0.393. The lowest BCUT2D eigenvalue weighted by Crippen LogP contribution is -2.47. The van der Waals surface area contributed by atoms with Crippen LogP contribution < -0.4 is 15.5 Å². The molecule has 0 amide bonds. The monoisotopic (exact) mass is 569 g/mol. The first-order chi connectivity index (χ1) is 20.0. The van der Waals surface area contributed by atoms with Crippen LogP contribution in [0.3, 0.4) is 0 Å². The average molecular weight is 570 g/mol. The molecule has 0 aliphatic carbocycles. The zero-order valence-electron chi connectivity index (χ0n) is 25.1. The summed E-state index contributed by atoms with van der Waals surface area (Å²) < 4.78 is 4.39. The lowest BCUT2D eigenvalue weighted by molar-refractivity contribution is -0.893. The number of anilines is 2. The molecule has 2 N–H and O–H groups in total. The summed E-state index contributed by atoms with van der Waals surface area (Å²) in [6.07, 6.45) is 9.77. The van der Waals surface area contributed by atoms with Gasteiger partial charge in [-0.2, -0.15) is 19.2 Å². The van der Waals surface area contributed by atoms with Crippen LogP contribution in [0.2, 0.25) is 0 Å². The summed E-state index contributed by atoms with van der Waals surface area (Å²) in [5.74, 6) is 2.89. The number of nitrogens with two attached hydrogens (primary N) is 1. The van der Waals surface area contributed by atoms with Gasteiger partial charge in [0.15, 0.2) is 23.0 Å². The highest BCUT2D eigenvalue weighted by atomic mass is 15.4. The highest BCUT2D eigenvalue weighted by Gasteiger charge is 2.35. The molecule has 1 unspecified atom stereocenters. The van der Waals surface area contributed by atoms with Crippen LogP contribution in [0.1, 0.15) is 6.42 Å². The number of amidine groups is 2. The normalized spacial score (nSPS) is 19.7. The van der Waals surface area contributed by atoms with Crippen LogP contribution >= 0.6 is 0 Å². The zero-order valence-corrected chi connectivity index (χ0v) is 25.1. The summed E-state index contributed by atoms with van der Waals surface area (Å²) >= 11 is 0. The van der Waals surface area contributed by atoms with E-state index in [1.165, 1.54) is 0 Å². The van der Waals surface area contributed by atoms with E-state index >= 15 is 0 Å². The number of fused-ring (bicyclic) bond motifs is 2. The smallest absolute Gasteiger partial charge is 0.183 e. The third-order valence-electron chi connectivity index (χ3n) is 7.66. The first-order valence-electron chi connectivity index (χ1n) is 13.8. The van der Waals surface area contributed by atoms with Gasteiger partial charge >= 0.3 is 0 Å². The number of likely N-dealkylation sites (tertiary alicyclic amines) is 1. The van der Waals surface area contributed by atoms with E-state index in [9.17, 15) is 0 Å². The largest absolute Gasteiger partial charge is 0.396 e. The summed E-state index contributed by atoms with van der Waals surface area (Å²) in [5.41, 5.74) is 10.1. The van der Waals surface area contributed by atoms with E-state index in [4.69, 9.17) is 20.7 Å². The van der Waals surface area contributed by atoms with Gasteiger partial charge in [0, 0.05) is 53.5 Å². The molecular weight excluding hydrogens is 532 g/mol. The third kappa shape index (κ3) is 4.83. The van der Waals surface area contributed by atoms with Crippen LogP contribution in [0.25, 0.3) is 11.3 Å². The maximum atomic E-state index is 6.66. The minimum Gasteiger partial charge on any atom is -0.396 e. The van der Waals surface area contributed by atoms with Gasteiger partial charge in [-0.3, -0.25) is 0 Å².